The topological polar surface area (TPSA) is 47.2 Å². The smallest absolute Gasteiger partial charge is 0.267 e. The van der Waals surface area contributed by atoms with Crippen molar-refractivity contribution in [2.24, 2.45) is 5.10 Å². The fraction of sp³-hybridized carbons (Fsp3) is 0.235. The molecule has 4 rings (SSSR count). The van der Waals surface area contributed by atoms with Gasteiger partial charge in [0.1, 0.15) is 11.2 Å². The van der Waals surface area contributed by atoms with E-state index in [4.69, 9.17) is 0 Å². The largest absolute Gasteiger partial charge is 0.282 e. The summed E-state index contributed by atoms with van der Waals surface area (Å²) in [6.45, 7) is 0. The van der Waals surface area contributed by atoms with E-state index in [-0.39, 0.29) is 5.56 Å². The first-order valence-corrected chi connectivity index (χ1v) is 9.15. The average Bonchev–Trinajstić information content (AvgIpc) is 2.95. The van der Waals surface area contributed by atoms with E-state index >= 15 is 0 Å². The van der Waals surface area contributed by atoms with E-state index < -0.39 is 0 Å². The van der Waals surface area contributed by atoms with Crippen molar-refractivity contribution in [3.8, 4) is 0 Å². The number of halogens is 1. The zero-order valence-corrected chi connectivity index (χ0v) is 14.7. The van der Waals surface area contributed by atoms with Crippen LogP contribution in [0, 0.1) is 0 Å². The Morgan fingerprint density at radius 1 is 1.22 bits per heavy atom. The zero-order valence-electron chi connectivity index (χ0n) is 12.3. The molecule has 1 aliphatic carbocycles. The van der Waals surface area contributed by atoms with Crippen LogP contribution in [0.25, 0.3) is 10.2 Å². The van der Waals surface area contributed by atoms with Gasteiger partial charge in [-0.05, 0) is 48.9 Å². The van der Waals surface area contributed by atoms with Crippen molar-refractivity contribution in [2.45, 2.75) is 25.7 Å². The normalized spacial score (nSPS) is 14.5. The van der Waals surface area contributed by atoms with Crippen LogP contribution in [-0.4, -0.2) is 15.9 Å². The Hall–Kier alpha value is -1.79. The lowest BCUT2D eigenvalue weighted by Crippen LogP contribution is -2.18. The molecule has 2 aromatic heterocycles. The first-order chi connectivity index (χ1) is 11.2. The number of hydrogen-bond donors (Lipinski definition) is 0. The quantitative estimate of drug-likeness (QED) is 0.624. The maximum Gasteiger partial charge on any atom is 0.282 e. The molecule has 0 aliphatic heterocycles. The molecule has 0 amide bonds. The molecule has 0 saturated heterocycles. The van der Waals surface area contributed by atoms with Crippen molar-refractivity contribution in [3.05, 3.63) is 61.4 Å². The number of benzene rings is 1. The Balaban J connectivity index is 1.77. The lowest BCUT2D eigenvalue weighted by Gasteiger charge is -2.09. The van der Waals surface area contributed by atoms with Gasteiger partial charge < -0.3 is 0 Å². The zero-order chi connectivity index (χ0) is 15.8. The van der Waals surface area contributed by atoms with E-state index in [9.17, 15) is 4.79 Å². The van der Waals surface area contributed by atoms with Crippen molar-refractivity contribution >= 4 is 43.7 Å². The summed E-state index contributed by atoms with van der Waals surface area (Å²) in [6.07, 6.45) is 7.60. The molecular weight excluding hydrogens is 374 g/mol. The van der Waals surface area contributed by atoms with E-state index in [1.54, 1.807) is 17.6 Å². The molecule has 116 valence electrons. The van der Waals surface area contributed by atoms with Crippen molar-refractivity contribution in [2.75, 3.05) is 0 Å². The molecule has 0 spiro atoms. The van der Waals surface area contributed by atoms with Gasteiger partial charge in [0.15, 0.2) is 0 Å². The molecule has 1 aliphatic rings. The van der Waals surface area contributed by atoms with Gasteiger partial charge in [-0.1, -0.05) is 28.1 Å². The number of rotatable bonds is 2. The number of hydrogen-bond acceptors (Lipinski definition) is 4. The standard InChI is InChI=1S/C17H14BrN3OS/c18-12-7-5-11(6-8-12)9-20-21-10-19-16-15(17(21)22)13-3-1-2-4-14(13)23-16/h5-10H,1-4H2. The maximum absolute atomic E-state index is 12.7. The van der Waals surface area contributed by atoms with Gasteiger partial charge in [-0.25, -0.2) is 4.98 Å². The summed E-state index contributed by atoms with van der Waals surface area (Å²) < 4.78 is 2.35. The molecule has 0 fully saturated rings. The highest BCUT2D eigenvalue weighted by Crippen LogP contribution is 2.33. The molecule has 4 nitrogen and oxygen atoms in total. The van der Waals surface area contributed by atoms with Gasteiger partial charge in [0.05, 0.1) is 11.6 Å². The molecule has 0 unspecified atom stereocenters. The predicted molar refractivity (Wildman–Crippen MR) is 97.7 cm³/mol. The fourth-order valence-corrected chi connectivity index (χ4v) is 4.38. The third-order valence-corrected chi connectivity index (χ3v) is 5.79. The Labute approximate surface area is 145 Å². The highest BCUT2D eigenvalue weighted by Gasteiger charge is 2.19. The van der Waals surface area contributed by atoms with Crippen molar-refractivity contribution in [1.82, 2.24) is 9.66 Å². The number of thiophene rings is 1. The summed E-state index contributed by atoms with van der Waals surface area (Å²) in [5, 5.41) is 5.05. The van der Waals surface area contributed by atoms with Gasteiger partial charge in [-0.3, -0.25) is 4.79 Å². The molecular formula is C17H14BrN3OS. The van der Waals surface area contributed by atoms with E-state index in [1.807, 2.05) is 24.3 Å². The SMILES string of the molecule is O=c1c2c3c(sc2ncn1N=Cc1ccc(Br)cc1)CCCC3. The Bertz CT molecular complexity index is 956. The minimum Gasteiger partial charge on any atom is -0.267 e. The van der Waals surface area contributed by atoms with Crippen LogP contribution in [0.4, 0.5) is 0 Å². The van der Waals surface area contributed by atoms with Crippen molar-refractivity contribution in [3.63, 3.8) is 0 Å². The predicted octanol–water partition coefficient (Wildman–Crippen LogP) is 3.98. The van der Waals surface area contributed by atoms with Gasteiger partial charge in [0, 0.05) is 9.35 Å². The van der Waals surface area contributed by atoms with Gasteiger partial charge in [0.25, 0.3) is 5.56 Å². The second-order valence-corrected chi connectivity index (χ2v) is 7.58. The van der Waals surface area contributed by atoms with Crippen molar-refractivity contribution < 1.29 is 0 Å². The van der Waals surface area contributed by atoms with Gasteiger partial charge in [-0.15, -0.1) is 11.3 Å². The lowest BCUT2D eigenvalue weighted by atomic mass is 9.97. The van der Waals surface area contributed by atoms with Crippen molar-refractivity contribution in [1.29, 1.82) is 0 Å². The molecule has 3 aromatic rings. The molecule has 0 bridgehead atoms. The van der Waals surface area contributed by atoms with Crippen LogP contribution in [0.5, 0.6) is 0 Å². The van der Waals surface area contributed by atoms with Crippen LogP contribution in [0.1, 0.15) is 28.8 Å². The maximum atomic E-state index is 12.7. The molecule has 1 aromatic carbocycles. The van der Waals surface area contributed by atoms with Gasteiger partial charge in [0.2, 0.25) is 0 Å². The molecule has 0 atom stereocenters. The minimum absolute atomic E-state index is 0.0669. The van der Waals surface area contributed by atoms with Crippen LogP contribution in [0.15, 0.2) is 45.0 Å². The molecule has 2 heterocycles. The molecule has 0 N–H and O–H groups in total. The van der Waals surface area contributed by atoms with Crippen LogP contribution < -0.4 is 5.56 Å². The van der Waals surface area contributed by atoms with Gasteiger partial charge >= 0.3 is 0 Å². The highest BCUT2D eigenvalue weighted by atomic mass is 79.9. The summed E-state index contributed by atoms with van der Waals surface area (Å²) >= 11 is 5.06. The lowest BCUT2D eigenvalue weighted by molar-refractivity contribution is 0.699. The first kappa shape index (κ1) is 14.8. The van der Waals surface area contributed by atoms with E-state index in [0.29, 0.717) is 0 Å². The van der Waals surface area contributed by atoms with E-state index in [0.717, 1.165) is 39.5 Å². The summed E-state index contributed by atoms with van der Waals surface area (Å²) in [6, 6.07) is 7.77. The van der Waals surface area contributed by atoms with E-state index in [1.165, 1.54) is 27.9 Å². The summed E-state index contributed by atoms with van der Waals surface area (Å²) in [5.74, 6) is 0. The number of nitrogens with zero attached hydrogens (tertiary/aromatic N) is 3. The fourth-order valence-electron chi connectivity index (χ4n) is 2.90. The number of aromatic nitrogens is 2. The molecule has 0 saturated carbocycles. The Morgan fingerprint density at radius 2 is 2.00 bits per heavy atom. The third kappa shape index (κ3) is 2.77. The van der Waals surface area contributed by atoms with Crippen LogP contribution in [0.2, 0.25) is 0 Å². The Kier molecular flexibility index (Phi) is 3.87. The molecule has 23 heavy (non-hydrogen) atoms. The first-order valence-electron chi connectivity index (χ1n) is 7.54. The van der Waals surface area contributed by atoms with Crippen LogP contribution in [-0.2, 0) is 12.8 Å². The van der Waals surface area contributed by atoms with Crippen LogP contribution >= 0.6 is 27.3 Å². The average molecular weight is 388 g/mol. The van der Waals surface area contributed by atoms with Gasteiger partial charge in [-0.2, -0.15) is 9.78 Å². The molecule has 6 heteroatoms. The number of aryl methyl sites for hydroxylation is 2. The summed E-state index contributed by atoms with van der Waals surface area (Å²) in [5.41, 5.74) is 2.07. The summed E-state index contributed by atoms with van der Waals surface area (Å²) in [4.78, 5) is 19.3. The minimum atomic E-state index is -0.0669. The Morgan fingerprint density at radius 3 is 2.83 bits per heavy atom. The third-order valence-electron chi connectivity index (χ3n) is 4.06. The van der Waals surface area contributed by atoms with Crippen LogP contribution in [0.3, 0.4) is 0 Å². The van der Waals surface area contributed by atoms with E-state index in [2.05, 4.69) is 26.0 Å². The second-order valence-electron chi connectivity index (χ2n) is 5.58. The highest BCUT2D eigenvalue weighted by molar-refractivity contribution is 9.10. The molecule has 0 radical (unpaired) electrons. The second kappa shape index (κ2) is 6.02. The summed E-state index contributed by atoms with van der Waals surface area (Å²) in [7, 11) is 0. The number of fused-ring (bicyclic) bond motifs is 3. The monoisotopic (exact) mass is 387 g/mol.